The molecule has 2 rings (SSSR count). The highest BCUT2D eigenvalue weighted by atomic mass is 16.5. The fourth-order valence-electron chi connectivity index (χ4n) is 2.46. The van der Waals surface area contributed by atoms with E-state index in [0.717, 1.165) is 29.3 Å². The number of hydrogen-bond donors (Lipinski definition) is 1. The zero-order chi connectivity index (χ0) is 15.2. The van der Waals surface area contributed by atoms with E-state index < -0.39 is 0 Å². The summed E-state index contributed by atoms with van der Waals surface area (Å²) in [4.78, 5) is 0. The highest BCUT2D eigenvalue weighted by Gasteiger charge is 2.21. The SMILES string of the molecule is CCOc1ccc(C(NC)c2c(OC)cnn2CC)cc1. The van der Waals surface area contributed by atoms with Crippen LogP contribution in [0.4, 0.5) is 0 Å². The summed E-state index contributed by atoms with van der Waals surface area (Å²) in [5.74, 6) is 1.68. The largest absolute Gasteiger partial charge is 0.494 e. The van der Waals surface area contributed by atoms with E-state index in [1.54, 1.807) is 13.3 Å². The Morgan fingerprint density at radius 2 is 1.95 bits per heavy atom. The number of aromatic nitrogens is 2. The molecule has 1 unspecified atom stereocenters. The molecule has 1 aromatic carbocycles. The molecular formula is C16H23N3O2. The van der Waals surface area contributed by atoms with Gasteiger partial charge in [-0.05, 0) is 38.6 Å². The highest BCUT2D eigenvalue weighted by Crippen LogP contribution is 2.30. The van der Waals surface area contributed by atoms with Crippen LogP contribution in [0.1, 0.15) is 31.1 Å². The number of ether oxygens (including phenoxy) is 2. The van der Waals surface area contributed by atoms with Crippen LogP contribution in [0, 0.1) is 0 Å². The van der Waals surface area contributed by atoms with Gasteiger partial charge in [0.15, 0.2) is 5.75 Å². The van der Waals surface area contributed by atoms with Gasteiger partial charge in [-0.15, -0.1) is 0 Å². The first-order chi connectivity index (χ1) is 10.2. The molecule has 0 fully saturated rings. The second kappa shape index (κ2) is 7.13. The molecule has 0 aliphatic heterocycles. The number of nitrogens with zero attached hydrogens (tertiary/aromatic N) is 2. The molecule has 0 saturated carbocycles. The van der Waals surface area contributed by atoms with E-state index in [4.69, 9.17) is 9.47 Å². The van der Waals surface area contributed by atoms with E-state index in [0.29, 0.717) is 6.61 Å². The number of benzene rings is 1. The minimum absolute atomic E-state index is 0.0260. The molecule has 0 radical (unpaired) electrons. The zero-order valence-corrected chi connectivity index (χ0v) is 13.1. The Bertz CT molecular complexity index is 542. The van der Waals surface area contributed by atoms with Crippen molar-refractivity contribution in [1.82, 2.24) is 15.1 Å². The topological polar surface area (TPSA) is 48.3 Å². The predicted octanol–water partition coefficient (Wildman–Crippen LogP) is 2.62. The maximum atomic E-state index is 5.49. The fourth-order valence-corrected chi connectivity index (χ4v) is 2.46. The number of nitrogens with one attached hydrogen (secondary N) is 1. The van der Waals surface area contributed by atoms with Gasteiger partial charge in [0.05, 0.1) is 26.0 Å². The van der Waals surface area contributed by atoms with Crippen LogP contribution in [0.2, 0.25) is 0 Å². The highest BCUT2D eigenvalue weighted by molar-refractivity contribution is 5.38. The van der Waals surface area contributed by atoms with E-state index in [9.17, 15) is 0 Å². The summed E-state index contributed by atoms with van der Waals surface area (Å²) in [6.07, 6.45) is 1.76. The van der Waals surface area contributed by atoms with Crippen molar-refractivity contribution in [3.63, 3.8) is 0 Å². The number of hydrogen-bond acceptors (Lipinski definition) is 4. The second-order valence-corrected chi connectivity index (χ2v) is 4.64. The molecule has 0 aliphatic carbocycles. The predicted molar refractivity (Wildman–Crippen MR) is 83.0 cm³/mol. The molecule has 114 valence electrons. The van der Waals surface area contributed by atoms with Gasteiger partial charge in [0.25, 0.3) is 0 Å². The number of methoxy groups -OCH3 is 1. The summed E-state index contributed by atoms with van der Waals surface area (Å²) in [6.45, 7) is 5.52. The van der Waals surface area contributed by atoms with Gasteiger partial charge >= 0.3 is 0 Å². The maximum Gasteiger partial charge on any atom is 0.161 e. The van der Waals surface area contributed by atoms with Gasteiger partial charge in [-0.25, -0.2) is 0 Å². The van der Waals surface area contributed by atoms with E-state index in [2.05, 4.69) is 29.5 Å². The van der Waals surface area contributed by atoms with Crippen LogP contribution < -0.4 is 14.8 Å². The van der Waals surface area contributed by atoms with Crippen molar-refractivity contribution in [3.05, 3.63) is 41.7 Å². The minimum Gasteiger partial charge on any atom is -0.494 e. The zero-order valence-electron chi connectivity index (χ0n) is 13.1. The average molecular weight is 289 g/mol. The van der Waals surface area contributed by atoms with Gasteiger partial charge < -0.3 is 14.8 Å². The number of aryl methyl sites for hydroxylation is 1. The molecule has 2 aromatic rings. The van der Waals surface area contributed by atoms with E-state index in [1.165, 1.54) is 0 Å². The van der Waals surface area contributed by atoms with Crippen molar-refractivity contribution in [2.24, 2.45) is 0 Å². The molecule has 5 nitrogen and oxygen atoms in total. The maximum absolute atomic E-state index is 5.49. The summed E-state index contributed by atoms with van der Waals surface area (Å²) in [5.41, 5.74) is 2.18. The van der Waals surface area contributed by atoms with Crippen molar-refractivity contribution < 1.29 is 9.47 Å². The lowest BCUT2D eigenvalue weighted by molar-refractivity contribution is 0.340. The molecule has 0 spiro atoms. The third-order valence-electron chi connectivity index (χ3n) is 3.45. The third kappa shape index (κ3) is 3.19. The van der Waals surface area contributed by atoms with Crippen molar-refractivity contribution in [1.29, 1.82) is 0 Å². The normalized spacial score (nSPS) is 12.2. The van der Waals surface area contributed by atoms with Crippen molar-refractivity contribution >= 4 is 0 Å². The molecule has 1 aromatic heterocycles. The third-order valence-corrected chi connectivity index (χ3v) is 3.45. The summed E-state index contributed by atoms with van der Waals surface area (Å²) in [5, 5.41) is 7.71. The molecule has 5 heteroatoms. The van der Waals surface area contributed by atoms with Crippen LogP contribution in [-0.4, -0.2) is 30.5 Å². The summed E-state index contributed by atoms with van der Waals surface area (Å²) in [6, 6.07) is 8.14. The Balaban J connectivity index is 2.37. The van der Waals surface area contributed by atoms with Crippen LogP contribution in [-0.2, 0) is 6.54 Å². The van der Waals surface area contributed by atoms with Gasteiger partial charge in [-0.3, -0.25) is 4.68 Å². The van der Waals surface area contributed by atoms with Gasteiger partial charge in [0.2, 0.25) is 0 Å². The molecule has 21 heavy (non-hydrogen) atoms. The Morgan fingerprint density at radius 1 is 1.24 bits per heavy atom. The molecule has 1 atom stereocenters. The van der Waals surface area contributed by atoms with Crippen molar-refractivity contribution in [2.45, 2.75) is 26.4 Å². The summed E-state index contributed by atoms with van der Waals surface area (Å²) in [7, 11) is 3.61. The Hall–Kier alpha value is -2.01. The quantitative estimate of drug-likeness (QED) is 0.851. The molecule has 0 amide bonds. The van der Waals surface area contributed by atoms with E-state index >= 15 is 0 Å². The Kier molecular flexibility index (Phi) is 5.22. The first kappa shape index (κ1) is 15.4. The lowest BCUT2D eigenvalue weighted by Crippen LogP contribution is -2.22. The number of rotatable bonds is 7. The van der Waals surface area contributed by atoms with Crippen LogP contribution >= 0.6 is 0 Å². The summed E-state index contributed by atoms with van der Waals surface area (Å²) < 4.78 is 12.9. The van der Waals surface area contributed by atoms with Crippen LogP contribution in [0.15, 0.2) is 30.5 Å². The Labute approximate surface area is 125 Å². The second-order valence-electron chi connectivity index (χ2n) is 4.64. The molecule has 0 saturated heterocycles. The molecule has 1 N–H and O–H groups in total. The first-order valence-corrected chi connectivity index (χ1v) is 7.24. The van der Waals surface area contributed by atoms with Crippen LogP contribution in [0.25, 0.3) is 0 Å². The molecular weight excluding hydrogens is 266 g/mol. The first-order valence-electron chi connectivity index (χ1n) is 7.24. The van der Waals surface area contributed by atoms with Crippen LogP contribution in [0.5, 0.6) is 11.5 Å². The fraction of sp³-hybridized carbons (Fsp3) is 0.438. The molecule has 0 aliphatic rings. The van der Waals surface area contributed by atoms with Crippen molar-refractivity contribution in [2.75, 3.05) is 20.8 Å². The van der Waals surface area contributed by atoms with Gasteiger partial charge in [0.1, 0.15) is 11.4 Å². The lowest BCUT2D eigenvalue weighted by atomic mass is 10.0. The smallest absolute Gasteiger partial charge is 0.161 e. The van der Waals surface area contributed by atoms with Crippen molar-refractivity contribution in [3.8, 4) is 11.5 Å². The summed E-state index contributed by atoms with van der Waals surface area (Å²) >= 11 is 0. The standard InChI is InChI=1S/C16H23N3O2/c1-5-19-16(14(20-4)11-18-19)15(17-3)12-7-9-13(10-8-12)21-6-2/h7-11,15,17H,5-6H2,1-4H3. The van der Waals surface area contributed by atoms with E-state index in [-0.39, 0.29) is 6.04 Å². The van der Waals surface area contributed by atoms with E-state index in [1.807, 2.05) is 30.8 Å². The Morgan fingerprint density at radius 3 is 2.48 bits per heavy atom. The molecule has 1 heterocycles. The minimum atomic E-state index is 0.0260. The van der Waals surface area contributed by atoms with Gasteiger partial charge in [-0.2, -0.15) is 5.10 Å². The van der Waals surface area contributed by atoms with Crippen LogP contribution in [0.3, 0.4) is 0 Å². The monoisotopic (exact) mass is 289 g/mol. The molecule has 0 bridgehead atoms. The lowest BCUT2D eigenvalue weighted by Gasteiger charge is -2.19. The van der Waals surface area contributed by atoms with Gasteiger partial charge in [-0.1, -0.05) is 12.1 Å². The average Bonchev–Trinajstić information content (AvgIpc) is 2.93. The van der Waals surface area contributed by atoms with Gasteiger partial charge in [0, 0.05) is 6.54 Å².